The van der Waals surface area contributed by atoms with Crippen molar-refractivity contribution in [2.24, 2.45) is 5.73 Å². The summed E-state index contributed by atoms with van der Waals surface area (Å²) < 4.78 is 38.2. The molecule has 1 aromatic heterocycles. The smallest absolute Gasteiger partial charge is 0.368 e. The summed E-state index contributed by atoms with van der Waals surface area (Å²) in [6.07, 6.45) is -3.23. The molecule has 0 unspecified atom stereocenters. The van der Waals surface area contributed by atoms with E-state index in [0.29, 0.717) is 5.52 Å². The van der Waals surface area contributed by atoms with Crippen molar-refractivity contribution in [3.05, 3.63) is 30.1 Å². The molecule has 0 aliphatic heterocycles. The van der Waals surface area contributed by atoms with Crippen LogP contribution < -0.4 is 10.6 Å². The summed E-state index contributed by atoms with van der Waals surface area (Å²) in [7, 11) is 1.52. The molecule has 1 heterocycles. The Bertz CT molecular complexity index is 657. The highest BCUT2D eigenvalue weighted by Crippen LogP contribution is 2.33. The van der Waals surface area contributed by atoms with Gasteiger partial charge < -0.3 is 10.6 Å². The predicted octanol–water partition coefficient (Wildman–Crippen LogP) is 1.57. The Morgan fingerprint density at radius 3 is 2.65 bits per heavy atom. The lowest BCUT2D eigenvalue weighted by molar-refractivity contribution is -0.137. The number of hydrogen-bond acceptors (Lipinski definition) is 4. The first-order chi connectivity index (χ1) is 9.29. The Morgan fingerprint density at radius 2 is 2.05 bits per heavy atom. The van der Waals surface area contributed by atoms with E-state index < -0.39 is 17.6 Å². The standard InChI is InChI=1S/C12H11F3N4O/c1-19(5-10(16)20)11-8-4-7(12(13,14)15)2-3-9(8)17-6-18-11/h2-4,6H,5H2,1H3,(H2,16,20). The molecule has 0 radical (unpaired) electrons. The molecule has 20 heavy (non-hydrogen) atoms. The fraction of sp³-hybridized carbons (Fsp3) is 0.250. The van der Waals surface area contributed by atoms with Gasteiger partial charge in [0.05, 0.1) is 17.6 Å². The van der Waals surface area contributed by atoms with Crippen LogP contribution in [-0.2, 0) is 11.0 Å². The third-order valence-corrected chi connectivity index (χ3v) is 2.70. The summed E-state index contributed by atoms with van der Waals surface area (Å²) in [5.74, 6) is -0.383. The number of alkyl halides is 3. The van der Waals surface area contributed by atoms with Crippen LogP contribution in [0.15, 0.2) is 24.5 Å². The van der Waals surface area contributed by atoms with Crippen molar-refractivity contribution in [3.63, 3.8) is 0 Å². The molecule has 0 fully saturated rings. The Morgan fingerprint density at radius 1 is 1.35 bits per heavy atom. The molecule has 2 rings (SSSR count). The maximum Gasteiger partial charge on any atom is 0.416 e. The molecule has 106 valence electrons. The topological polar surface area (TPSA) is 72.1 Å². The van der Waals surface area contributed by atoms with Crippen LogP contribution in [-0.4, -0.2) is 29.5 Å². The van der Waals surface area contributed by atoms with Crippen molar-refractivity contribution in [1.29, 1.82) is 0 Å². The number of fused-ring (bicyclic) bond motifs is 1. The SMILES string of the molecule is CN(CC(N)=O)c1ncnc2ccc(C(F)(F)F)cc12. The third-order valence-electron chi connectivity index (χ3n) is 2.70. The van der Waals surface area contributed by atoms with Gasteiger partial charge in [0.15, 0.2) is 0 Å². The highest BCUT2D eigenvalue weighted by atomic mass is 19.4. The zero-order chi connectivity index (χ0) is 14.9. The molecule has 0 saturated heterocycles. The number of nitrogens with zero attached hydrogens (tertiary/aromatic N) is 3. The van der Waals surface area contributed by atoms with Crippen molar-refractivity contribution >= 4 is 22.6 Å². The molecule has 1 amide bonds. The predicted molar refractivity (Wildman–Crippen MR) is 67.0 cm³/mol. The number of amides is 1. The van der Waals surface area contributed by atoms with Crippen molar-refractivity contribution in [1.82, 2.24) is 9.97 Å². The highest BCUT2D eigenvalue weighted by Gasteiger charge is 2.31. The van der Waals surface area contributed by atoms with Gasteiger partial charge in [-0.25, -0.2) is 9.97 Å². The first-order valence-corrected chi connectivity index (χ1v) is 5.60. The van der Waals surface area contributed by atoms with Crippen LogP contribution >= 0.6 is 0 Å². The van der Waals surface area contributed by atoms with Crippen molar-refractivity contribution < 1.29 is 18.0 Å². The van der Waals surface area contributed by atoms with Crippen molar-refractivity contribution in [3.8, 4) is 0 Å². The Balaban J connectivity index is 2.57. The number of carbonyl (C=O) groups excluding carboxylic acids is 1. The zero-order valence-corrected chi connectivity index (χ0v) is 10.5. The lowest BCUT2D eigenvalue weighted by Gasteiger charge is -2.18. The fourth-order valence-electron chi connectivity index (χ4n) is 1.83. The second kappa shape index (κ2) is 4.95. The van der Waals surface area contributed by atoms with E-state index in [1.165, 1.54) is 24.3 Å². The zero-order valence-electron chi connectivity index (χ0n) is 10.5. The Kier molecular flexibility index (Phi) is 3.47. The number of primary amides is 1. The third kappa shape index (κ3) is 2.79. The van der Waals surface area contributed by atoms with E-state index in [1.54, 1.807) is 0 Å². The molecular formula is C12H11F3N4O. The molecular weight excluding hydrogens is 273 g/mol. The molecule has 8 heteroatoms. The second-order valence-corrected chi connectivity index (χ2v) is 4.25. The summed E-state index contributed by atoms with van der Waals surface area (Å²) in [6, 6.07) is 3.18. The lowest BCUT2D eigenvalue weighted by Crippen LogP contribution is -2.31. The van der Waals surface area contributed by atoms with Crippen molar-refractivity contribution in [2.45, 2.75) is 6.18 Å². The Labute approximate surface area is 112 Å². The number of carbonyl (C=O) groups is 1. The summed E-state index contributed by atoms with van der Waals surface area (Å²) in [5.41, 5.74) is 4.63. The average Bonchev–Trinajstić information content (AvgIpc) is 2.35. The maximum absolute atomic E-state index is 12.7. The van der Waals surface area contributed by atoms with E-state index in [2.05, 4.69) is 9.97 Å². The van der Waals surface area contributed by atoms with Crippen LogP contribution in [0, 0.1) is 0 Å². The molecule has 0 spiro atoms. The minimum atomic E-state index is -4.45. The molecule has 5 nitrogen and oxygen atoms in total. The molecule has 2 aromatic rings. The summed E-state index contributed by atoms with van der Waals surface area (Å²) in [6.45, 7) is -0.150. The number of rotatable bonds is 3. The maximum atomic E-state index is 12.7. The molecule has 1 aromatic carbocycles. The van der Waals surface area contributed by atoms with E-state index in [0.717, 1.165) is 12.1 Å². The van der Waals surface area contributed by atoms with E-state index >= 15 is 0 Å². The lowest BCUT2D eigenvalue weighted by atomic mass is 10.1. The van der Waals surface area contributed by atoms with Gasteiger partial charge in [-0.1, -0.05) is 0 Å². The first kappa shape index (κ1) is 14.0. The minimum Gasteiger partial charge on any atom is -0.368 e. The monoisotopic (exact) mass is 284 g/mol. The van der Waals surface area contributed by atoms with Crippen LogP contribution in [0.2, 0.25) is 0 Å². The summed E-state index contributed by atoms with van der Waals surface area (Å²) in [4.78, 5) is 20.1. The van der Waals surface area contributed by atoms with Gasteiger partial charge in [-0.2, -0.15) is 13.2 Å². The molecule has 0 aliphatic rings. The second-order valence-electron chi connectivity index (χ2n) is 4.25. The summed E-state index contributed by atoms with van der Waals surface area (Å²) in [5, 5.41) is 0.214. The fourth-order valence-corrected chi connectivity index (χ4v) is 1.83. The van der Waals surface area contributed by atoms with Gasteiger partial charge in [0.25, 0.3) is 0 Å². The highest BCUT2D eigenvalue weighted by molar-refractivity contribution is 5.91. The normalized spacial score (nSPS) is 11.6. The Hall–Kier alpha value is -2.38. The van der Waals surface area contributed by atoms with E-state index in [1.807, 2.05) is 0 Å². The van der Waals surface area contributed by atoms with Gasteiger partial charge in [0.2, 0.25) is 5.91 Å². The largest absolute Gasteiger partial charge is 0.416 e. The number of anilines is 1. The van der Waals surface area contributed by atoms with Gasteiger partial charge in [-0.3, -0.25) is 4.79 Å². The molecule has 0 saturated carbocycles. The van der Waals surface area contributed by atoms with Gasteiger partial charge in [-0.15, -0.1) is 0 Å². The number of hydrogen-bond donors (Lipinski definition) is 1. The van der Waals surface area contributed by atoms with Crippen LogP contribution in [0.1, 0.15) is 5.56 Å². The molecule has 0 bridgehead atoms. The number of nitrogens with two attached hydrogens (primary N) is 1. The van der Waals surface area contributed by atoms with Gasteiger partial charge in [0, 0.05) is 12.4 Å². The number of halogens is 3. The van der Waals surface area contributed by atoms with Crippen LogP contribution in [0.4, 0.5) is 19.0 Å². The van der Waals surface area contributed by atoms with Crippen LogP contribution in [0.5, 0.6) is 0 Å². The van der Waals surface area contributed by atoms with Gasteiger partial charge >= 0.3 is 6.18 Å². The van der Waals surface area contributed by atoms with Gasteiger partial charge in [-0.05, 0) is 18.2 Å². The average molecular weight is 284 g/mol. The summed E-state index contributed by atoms with van der Waals surface area (Å²) >= 11 is 0. The molecule has 2 N–H and O–H groups in total. The van der Waals surface area contributed by atoms with E-state index in [-0.39, 0.29) is 17.7 Å². The molecule has 0 aliphatic carbocycles. The quantitative estimate of drug-likeness (QED) is 0.928. The number of likely N-dealkylation sites (N-methyl/N-ethyl adjacent to an activating group) is 1. The minimum absolute atomic E-state index is 0.150. The number of benzene rings is 1. The van der Waals surface area contributed by atoms with Crippen LogP contribution in [0.25, 0.3) is 10.9 Å². The van der Waals surface area contributed by atoms with Crippen molar-refractivity contribution in [2.75, 3.05) is 18.5 Å². The van der Waals surface area contributed by atoms with Crippen LogP contribution in [0.3, 0.4) is 0 Å². The van der Waals surface area contributed by atoms with E-state index in [4.69, 9.17) is 5.73 Å². The first-order valence-electron chi connectivity index (χ1n) is 5.60. The van der Waals surface area contributed by atoms with E-state index in [9.17, 15) is 18.0 Å². The molecule has 0 atom stereocenters. The number of aromatic nitrogens is 2. The van der Waals surface area contributed by atoms with Gasteiger partial charge in [0.1, 0.15) is 12.1 Å².